The Morgan fingerprint density at radius 1 is 1.58 bits per heavy atom. The standard InChI is InChI=1S/C19H28ClN3O/c1-6-7-11(2)15-8-9-17(13(15)4)24-14(5)22-19-12(3)10-16(20)18(21)23-19/h6,10-11,13,15,17H,1,7-9H2,2-5H3,(H2,21,23). The predicted octanol–water partition coefficient (Wildman–Crippen LogP) is 5.32. The normalized spacial score (nSPS) is 25.5. The van der Waals surface area contributed by atoms with E-state index in [9.17, 15) is 0 Å². The molecule has 1 saturated carbocycles. The number of nitrogen functional groups attached to an aromatic ring is 1. The Bertz CT molecular complexity index is 629. The quantitative estimate of drug-likeness (QED) is 0.444. The Morgan fingerprint density at radius 2 is 2.29 bits per heavy atom. The molecule has 1 aliphatic rings. The average molecular weight is 350 g/mol. The first-order valence-electron chi connectivity index (χ1n) is 8.59. The van der Waals surface area contributed by atoms with Gasteiger partial charge in [-0.25, -0.2) is 4.98 Å². The molecule has 24 heavy (non-hydrogen) atoms. The van der Waals surface area contributed by atoms with E-state index in [0.29, 0.717) is 40.3 Å². The fourth-order valence-corrected chi connectivity index (χ4v) is 3.86. The highest BCUT2D eigenvalue weighted by molar-refractivity contribution is 6.32. The van der Waals surface area contributed by atoms with Crippen LogP contribution in [0.4, 0.5) is 11.6 Å². The summed E-state index contributed by atoms with van der Waals surface area (Å²) in [5.74, 6) is 3.31. The van der Waals surface area contributed by atoms with Crippen molar-refractivity contribution in [2.45, 2.75) is 53.1 Å². The van der Waals surface area contributed by atoms with Gasteiger partial charge >= 0.3 is 0 Å². The van der Waals surface area contributed by atoms with Crippen LogP contribution in [0.2, 0.25) is 5.02 Å². The van der Waals surface area contributed by atoms with Crippen LogP contribution in [0.15, 0.2) is 23.7 Å². The molecule has 1 aliphatic carbocycles. The van der Waals surface area contributed by atoms with Crippen LogP contribution in [0, 0.1) is 24.7 Å². The molecule has 0 aromatic carbocycles. The number of aliphatic imine (C=N–C) groups is 1. The number of pyridine rings is 1. The van der Waals surface area contributed by atoms with E-state index in [4.69, 9.17) is 22.1 Å². The lowest BCUT2D eigenvalue weighted by atomic mass is 9.83. The second kappa shape index (κ2) is 8.02. The molecule has 2 N–H and O–H groups in total. The van der Waals surface area contributed by atoms with E-state index in [-0.39, 0.29) is 6.10 Å². The van der Waals surface area contributed by atoms with Gasteiger partial charge in [-0.1, -0.05) is 31.5 Å². The van der Waals surface area contributed by atoms with E-state index < -0.39 is 0 Å². The maximum Gasteiger partial charge on any atom is 0.186 e. The number of aryl methyl sites for hydroxylation is 1. The molecule has 4 nitrogen and oxygen atoms in total. The van der Waals surface area contributed by atoms with Crippen LogP contribution < -0.4 is 5.73 Å². The molecule has 4 atom stereocenters. The van der Waals surface area contributed by atoms with E-state index >= 15 is 0 Å². The third kappa shape index (κ3) is 4.29. The first-order valence-corrected chi connectivity index (χ1v) is 8.96. The first kappa shape index (κ1) is 18.8. The lowest BCUT2D eigenvalue weighted by molar-refractivity contribution is 0.127. The molecule has 1 heterocycles. The summed E-state index contributed by atoms with van der Waals surface area (Å²) in [6.07, 6.45) is 5.53. The number of ether oxygens (including phenoxy) is 1. The summed E-state index contributed by atoms with van der Waals surface area (Å²) in [4.78, 5) is 8.73. The highest BCUT2D eigenvalue weighted by Gasteiger charge is 2.37. The lowest BCUT2D eigenvalue weighted by Crippen LogP contribution is -2.24. The summed E-state index contributed by atoms with van der Waals surface area (Å²) in [6, 6.07) is 1.78. The number of nitrogens with two attached hydrogens (primary N) is 1. The Hall–Kier alpha value is -1.55. The van der Waals surface area contributed by atoms with Gasteiger partial charge in [-0.05, 0) is 55.6 Å². The molecule has 2 rings (SSSR count). The van der Waals surface area contributed by atoms with Crippen LogP contribution in [0.1, 0.15) is 45.6 Å². The Kier molecular flexibility index (Phi) is 6.27. The van der Waals surface area contributed by atoms with E-state index in [2.05, 4.69) is 30.4 Å². The summed E-state index contributed by atoms with van der Waals surface area (Å²) >= 11 is 5.98. The highest BCUT2D eigenvalue weighted by Crippen LogP contribution is 2.40. The van der Waals surface area contributed by atoms with Crippen molar-refractivity contribution in [3.8, 4) is 0 Å². The molecule has 0 radical (unpaired) electrons. The van der Waals surface area contributed by atoms with Gasteiger partial charge in [0, 0.05) is 6.92 Å². The van der Waals surface area contributed by atoms with Crippen molar-refractivity contribution in [2.75, 3.05) is 5.73 Å². The molecule has 0 aliphatic heterocycles. The van der Waals surface area contributed by atoms with Crippen LogP contribution in [-0.2, 0) is 4.74 Å². The van der Waals surface area contributed by atoms with Crippen LogP contribution in [-0.4, -0.2) is 17.0 Å². The van der Waals surface area contributed by atoms with Crippen molar-refractivity contribution < 1.29 is 4.74 Å². The van der Waals surface area contributed by atoms with Crippen LogP contribution in [0.25, 0.3) is 0 Å². The third-order valence-electron chi connectivity index (χ3n) is 5.07. The predicted molar refractivity (Wildman–Crippen MR) is 102 cm³/mol. The molecule has 0 saturated heterocycles. The number of nitrogens with zero attached hydrogens (tertiary/aromatic N) is 2. The minimum absolute atomic E-state index is 0.205. The summed E-state index contributed by atoms with van der Waals surface area (Å²) in [7, 11) is 0. The van der Waals surface area contributed by atoms with E-state index in [1.807, 2.05) is 19.9 Å². The summed E-state index contributed by atoms with van der Waals surface area (Å²) in [5, 5.41) is 0.452. The van der Waals surface area contributed by atoms with Crippen molar-refractivity contribution in [3.63, 3.8) is 0 Å². The smallest absolute Gasteiger partial charge is 0.186 e. The number of allylic oxidation sites excluding steroid dienone is 1. The molecule has 1 fully saturated rings. The topological polar surface area (TPSA) is 60.5 Å². The molecule has 1 aromatic rings. The molecule has 0 spiro atoms. The number of anilines is 1. The van der Waals surface area contributed by atoms with Gasteiger partial charge in [-0.15, -0.1) is 6.58 Å². The molecule has 132 valence electrons. The minimum atomic E-state index is 0.205. The van der Waals surface area contributed by atoms with E-state index in [1.54, 1.807) is 6.07 Å². The van der Waals surface area contributed by atoms with Gasteiger partial charge in [-0.3, -0.25) is 0 Å². The van der Waals surface area contributed by atoms with Gasteiger partial charge in [0.1, 0.15) is 11.9 Å². The number of rotatable bonds is 5. The summed E-state index contributed by atoms with van der Waals surface area (Å²) in [6.45, 7) is 12.2. The van der Waals surface area contributed by atoms with Crippen LogP contribution in [0.3, 0.4) is 0 Å². The average Bonchev–Trinajstić information content (AvgIpc) is 2.86. The first-order chi connectivity index (χ1) is 11.3. The maximum absolute atomic E-state index is 6.12. The second-order valence-corrected chi connectivity index (χ2v) is 7.29. The van der Waals surface area contributed by atoms with Crippen molar-refractivity contribution in [2.24, 2.45) is 22.7 Å². The zero-order chi connectivity index (χ0) is 17.9. The van der Waals surface area contributed by atoms with Crippen LogP contribution in [0.5, 0.6) is 0 Å². The molecule has 1 aromatic heterocycles. The fraction of sp³-hybridized carbons (Fsp3) is 0.579. The monoisotopic (exact) mass is 349 g/mol. The van der Waals surface area contributed by atoms with Crippen molar-refractivity contribution in [3.05, 3.63) is 29.3 Å². The fourth-order valence-electron chi connectivity index (χ4n) is 3.66. The number of hydrogen-bond donors (Lipinski definition) is 1. The zero-order valence-electron chi connectivity index (χ0n) is 15.1. The molecule has 4 unspecified atom stereocenters. The SMILES string of the molecule is C=CCC(C)C1CCC(OC(C)=Nc2nc(N)c(Cl)cc2C)C1C. The van der Waals surface area contributed by atoms with Crippen LogP contribution >= 0.6 is 11.6 Å². The molecular weight excluding hydrogens is 322 g/mol. The second-order valence-electron chi connectivity index (χ2n) is 6.89. The number of halogens is 1. The summed E-state index contributed by atoms with van der Waals surface area (Å²) in [5.41, 5.74) is 6.65. The number of hydrogen-bond acceptors (Lipinski definition) is 4. The van der Waals surface area contributed by atoms with Gasteiger partial charge in [0.2, 0.25) is 0 Å². The van der Waals surface area contributed by atoms with Gasteiger partial charge < -0.3 is 10.5 Å². The Balaban J connectivity index is 2.06. The minimum Gasteiger partial charge on any atom is -0.477 e. The van der Waals surface area contributed by atoms with Gasteiger partial charge in [0.05, 0.1) is 5.02 Å². The maximum atomic E-state index is 6.12. The Morgan fingerprint density at radius 3 is 2.96 bits per heavy atom. The van der Waals surface area contributed by atoms with Crippen molar-refractivity contribution >= 4 is 29.1 Å². The van der Waals surface area contributed by atoms with Crippen molar-refractivity contribution in [1.29, 1.82) is 0 Å². The van der Waals surface area contributed by atoms with Crippen molar-refractivity contribution in [1.82, 2.24) is 4.98 Å². The molecular formula is C19H28ClN3O. The van der Waals surface area contributed by atoms with E-state index in [0.717, 1.165) is 18.4 Å². The Labute approximate surface area is 150 Å². The van der Waals surface area contributed by atoms with Gasteiger partial charge in [0.25, 0.3) is 0 Å². The number of aromatic nitrogens is 1. The molecule has 0 amide bonds. The zero-order valence-corrected chi connectivity index (χ0v) is 15.8. The highest BCUT2D eigenvalue weighted by atomic mass is 35.5. The third-order valence-corrected chi connectivity index (χ3v) is 5.37. The van der Waals surface area contributed by atoms with Gasteiger partial charge in [0.15, 0.2) is 11.7 Å². The molecule has 0 bridgehead atoms. The molecule has 5 heteroatoms. The van der Waals surface area contributed by atoms with E-state index in [1.165, 1.54) is 6.42 Å². The largest absolute Gasteiger partial charge is 0.477 e. The summed E-state index contributed by atoms with van der Waals surface area (Å²) < 4.78 is 6.12. The lowest BCUT2D eigenvalue weighted by Gasteiger charge is -2.25. The van der Waals surface area contributed by atoms with Gasteiger partial charge in [-0.2, -0.15) is 4.99 Å².